The van der Waals surface area contributed by atoms with Gasteiger partial charge >= 0.3 is 5.97 Å². The molecule has 2 aromatic carbocycles. The number of carboxylic acid groups (broad SMARTS) is 1. The fourth-order valence-electron chi connectivity index (χ4n) is 3.25. The maximum atomic E-state index is 11.2. The topological polar surface area (TPSA) is 49.8 Å². The summed E-state index contributed by atoms with van der Waals surface area (Å²) in [5.74, 6) is -0.0446. The van der Waals surface area contributed by atoms with Crippen LogP contribution in [-0.2, 0) is 11.3 Å². The van der Waals surface area contributed by atoms with Crippen LogP contribution in [0.2, 0.25) is 0 Å². The Morgan fingerprint density at radius 2 is 2.18 bits per heavy atom. The molecule has 2 aromatic rings. The molecule has 1 aliphatic heterocycles. The van der Waals surface area contributed by atoms with E-state index in [9.17, 15) is 9.90 Å². The average Bonchev–Trinajstić information content (AvgIpc) is 2.54. The molecular formula is C18H21NO3. The maximum absolute atomic E-state index is 11.2. The van der Waals surface area contributed by atoms with E-state index in [0.29, 0.717) is 6.54 Å². The van der Waals surface area contributed by atoms with Crippen LogP contribution in [0, 0.1) is 5.92 Å². The van der Waals surface area contributed by atoms with E-state index in [1.807, 2.05) is 12.1 Å². The number of piperidine rings is 1. The third-order valence-electron chi connectivity index (χ3n) is 4.36. The van der Waals surface area contributed by atoms with Crippen molar-refractivity contribution in [3.8, 4) is 5.75 Å². The number of methoxy groups -OCH3 is 1. The van der Waals surface area contributed by atoms with Crippen LogP contribution in [0.4, 0.5) is 0 Å². The summed E-state index contributed by atoms with van der Waals surface area (Å²) in [5, 5.41) is 11.5. The van der Waals surface area contributed by atoms with Gasteiger partial charge in [0, 0.05) is 18.5 Å². The number of aliphatic carboxylic acids is 1. The van der Waals surface area contributed by atoms with E-state index in [2.05, 4.69) is 29.2 Å². The van der Waals surface area contributed by atoms with E-state index >= 15 is 0 Å². The predicted octanol–water partition coefficient (Wildman–Crippen LogP) is 3.15. The molecule has 1 unspecified atom stereocenters. The number of hydrogen-bond donors (Lipinski definition) is 1. The van der Waals surface area contributed by atoms with Crippen LogP contribution in [0.5, 0.6) is 5.75 Å². The van der Waals surface area contributed by atoms with Crippen molar-refractivity contribution in [2.45, 2.75) is 19.4 Å². The molecule has 0 saturated carbocycles. The lowest BCUT2D eigenvalue weighted by molar-refractivity contribution is -0.143. The summed E-state index contributed by atoms with van der Waals surface area (Å²) in [6.07, 6.45) is 1.73. The lowest BCUT2D eigenvalue weighted by Crippen LogP contribution is -2.38. The van der Waals surface area contributed by atoms with Gasteiger partial charge in [0.05, 0.1) is 13.0 Å². The molecule has 4 nitrogen and oxygen atoms in total. The largest absolute Gasteiger partial charge is 0.496 e. The molecule has 116 valence electrons. The van der Waals surface area contributed by atoms with Crippen molar-refractivity contribution in [3.63, 3.8) is 0 Å². The molecule has 0 amide bonds. The number of ether oxygens (including phenoxy) is 1. The number of carboxylic acids is 1. The van der Waals surface area contributed by atoms with Gasteiger partial charge in [-0.2, -0.15) is 0 Å². The first-order valence-corrected chi connectivity index (χ1v) is 7.68. The molecule has 4 heteroatoms. The highest BCUT2D eigenvalue weighted by Gasteiger charge is 2.25. The van der Waals surface area contributed by atoms with E-state index in [-0.39, 0.29) is 5.92 Å². The maximum Gasteiger partial charge on any atom is 0.307 e. The molecule has 1 saturated heterocycles. The van der Waals surface area contributed by atoms with Crippen LogP contribution in [0.25, 0.3) is 10.8 Å². The number of benzene rings is 2. The Balaban J connectivity index is 1.83. The molecule has 1 fully saturated rings. The van der Waals surface area contributed by atoms with Gasteiger partial charge in [0.15, 0.2) is 0 Å². The Labute approximate surface area is 130 Å². The van der Waals surface area contributed by atoms with E-state index in [1.165, 1.54) is 5.56 Å². The molecular weight excluding hydrogens is 278 g/mol. The quantitative estimate of drug-likeness (QED) is 0.942. The molecule has 0 radical (unpaired) electrons. The number of rotatable bonds is 4. The summed E-state index contributed by atoms with van der Waals surface area (Å²) in [5.41, 5.74) is 1.17. The highest BCUT2D eigenvalue weighted by atomic mass is 16.5. The Kier molecular flexibility index (Phi) is 4.29. The smallest absolute Gasteiger partial charge is 0.307 e. The first-order valence-electron chi connectivity index (χ1n) is 7.68. The lowest BCUT2D eigenvalue weighted by Gasteiger charge is -2.30. The fraction of sp³-hybridized carbons (Fsp3) is 0.389. The highest BCUT2D eigenvalue weighted by molar-refractivity contribution is 5.89. The average molecular weight is 299 g/mol. The minimum absolute atomic E-state index is 0.240. The van der Waals surface area contributed by atoms with E-state index in [0.717, 1.165) is 42.5 Å². The summed E-state index contributed by atoms with van der Waals surface area (Å²) < 4.78 is 5.50. The van der Waals surface area contributed by atoms with Gasteiger partial charge in [0.25, 0.3) is 0 Å². The van der Waals surface area contributed by atoms with Crippen molar-refractivity contribution in [2.75, 3.05) is 20.2 Å². The molecule has 22 heavy (non-hydrogen) atoms. The minimum Gasteiger partial charge on any atom is -0.496 e. The van der Waals surface area contributed by atoms with Crippen LogP contribution in [-0.4, -0.2) is 36.2 Å². The fourth-order valence-corrected chi connectivity index (χ4v) is 3.25. The highest BCUT2D eigenvalue weighted by Crippen LogP contribution is 2.28. The second-order valence-corrected chi connectivity index (χ2v) is 5.93. The van der Waals surface area contributed by atoms with Crippen molar-refractivity contribution in [3.05, 3.63) is 42.0 Å². The van der Waals surface area contributed by atoms with Gasteiger partial charge in [-0.25, -0.2) is 0 Å². The third kappa shape index (κ3) is 3.07. The normalized spacial score (nSPS) is 19.2. The van der Waals surface area contributed by atoms with Crippen LogP contribution in [0.3, 0.4) is 0 Å². The zero-order valence-electron chi connectivity index (χ0n) is 12.8. The minimum atomic E-state index is -0.680. The predicted molar refractivity (Wildman–Crippen MR) is 86.1 cm³/mol. The summed E-state index contributed by atoms with van der Waals surface area (Å²) in [7, 11) is 1.69. The molecule has 1 atom stereocenters. The molecule has 0 bridgehead atoms. The number of hydrogen-bond acceptors (Lipinski definition) is 3. The molecule has 1 aliphatic rings. The summed E-state index contributed by atoms with van der Waals surface area (Å²) in [6.45, 7) is 2.36. The van der Waals surface area contributed by atoms with Crippen molar-refractivity contribution < 1.29 is 14.6 Å². The van der Waals surface area contributed by atoms with Crippen molar-refractivity contribution in [1.82, 2.24) is 4.90 Å². The van der Waals surface area contributed by atoms with Crippen LogP contribution in [0.15, 0.2) is 36.4 Å². The number of nitrogens with zero attached hydrogens (tertiary/aromatic N) is 1. The van der Waals surface area contributed by atoms with Gasteiger partial charge in [-0.1, -0.05) is 24.3 Å². The first kappa shape index (κ1) is 14.9. The molecule has 0 aliphatic carbocycles. The van der Waals surface area contributed by atoms with Crippen molar-refractivity contribution in [2.24, 2.45) is 5.92 Å². The van der Waals surface area contributed by atoms with E-state index in [4.69, 9.17) is 4.74 Å². The SMILES string of the molecule is COc1cc(CN2CCCC(C(=O)O)C2)cc2ccccc12. The zero-order chi connectivity index (χ0) is 15.5. The van der Waals surface area contributed by atoms with Crippen LogP contribution >= 0.6 is 0 Å². The number of likely N-dealkylation sites (tertiary alicyclic amines) is 1. The molecule has 0 aromatic heterocycles. The Bertz CT molecular complexity index is 683. The van der Waals surface area contributed by atoms with Crippen LogP contribution < -0.4 is 4.74 Å². The first-order chi connectivity index (χ1) is 10.7. The van der Waals surface area contributed by atoms with E-state index < -0.39 is 5.97 Å². The van der Waals surface area contributed by atoms with Crippen molar-refractivity contribution >= 4 is 16.7 Å². The monoisotopic (exact) mass is 299 g/mol. The third-order valence-corrected chi connectivity index (χ3v) is 4.36. The van der Waals surface area contributed by atoms with Gasteiger partial charge in [0.1, 0.15) is 5.75 Å². The molecule has 1 heterocycles. The van der Waals surface area contributed by atoms with Gasteiger partial charge in [-0.3, -0.25) is 9.69 Å². The Hall–Kier alpha value is -2.07. The zero-order valence-corrected chi connectivity index (χ0v) is 12.8. The van der Waals surface area contributed by atoms with Gasteiger partial charge in [-0.15, -0.1) is 0 Å². The number of carbonyl (C=O) groups is 1. The Morgan fingerprint density at radius 1 is 1.36 bits per heavy atom. The van der Waals surface area contributed by atoms with Gasteiger partial charge < -0.3 is 9.84 Å². The second-order valence-electron chi connectivity index (χ2n) is 5.93. The summed E-state index contributed by atoms with van der Waals surface area (Å²) in [4.78, 5) is 13.4. The molecule has 1 N–H and O–H groups in total. The standard InChI is InChI=1S/C18H21NO3/c1-22-17-10-13(9-14-5-2-3-7-16(14)17)11-19-8-4-6-15(12-19)18(20)21/h2-3,5,7,9-10,15H,4,6,8,11-12H2,1H3,(H,20,21). The van der Waals surface area contributed by atoms with Crippen molar-refractivity contribution in [1.29, 1.82) is 0 Å². The summed E-state index contributed by atoms with van der Waals surface area (Å²) >= 11 is 0. The molecule has 0 spiro atoms. The molecule has 3 rings (SSSR count). The van der Waals surface area contributed by atoms with Crippen LogP contribution in [0.1, 0.15) is 18.4 Å². The van der Waals surface area contributed by atoms with Gasteiger partial charge in [-0.05, 0) is 42.5 Å². The number of fused-ring (bicyclic) bond motifs is 1. The second kappa shape index (κ2) is 6.36. The van der Waals surface area contributed by atoms with Gasteiger partial charge in [0.2, 0.25) is 0 Å². The Morgan fingerprint density at radius 3 is 2.95 bits per heavy atom. The summed E-state index contributed by atoms with van der Waals surface area (Å²) in [6, 6.07) is 12.4. The van der Waals surface area contributed by atoms with E-state index in [1.54, 1.807) is 7.11 Å². The lowest BCUT2D eigenvalue weighted by atomic mass is 9.97.